The van der Waals surface area contributed by atoms with Crippen LogP contribution in [0.25, 0.3) is 17.1 Å². The minimum atomic E-state index is -0.259. The first-order valence-electron chi connectivity index (χ1n) is 9.57. The maximum Gasteiger partial charge on any atom is 0.274 e. The summed E-state index contributed by atoms with van der Waals surface area (Å²) in [7, 11) is 0. The van der Waals surface area contributed by atoms with Crippen molar-refractivity contribution in [1.82, 2.24) is 29.5 Å². The van der Waals surface area contributed by atoms with E-state index >= 15 is 0 Å². The maximum absolute atomic E-state index is 13.1. The Balaban J connectivity index is 1.71. The summed E-state index contributed by atoms with van der Waals surface area (Å²) in [4.78, 5) is 37.2. The number of likely N-dealkylation sites (N-methyl/N-ethyl adjacent to an activating group) is 1. The van der Waals surface area contributed by atoms with E-state index in [0.717, 1.165) is 11.3 Å². The van der Waals surface area contributed by atoms with Crippen molar-refractivity contribution >= 4 is 11.8 Å². The summed E-state index contributed by atoms with van der Waals surface area (Å²) in [5.41, 5.74) is 3.46. The first-order valence-corrected chi connectivity index (χ1v) is 9.57. The van der Waals surface area contributed by atoms with Gasteiger partial charge in [-0.3, -0.25) is 19.6 Å². The van der Waals surface area contributed by atoms with Crippen LogP contribution in [0, 0.1) is 6.92 Å². The molecule has 1 saturated heterocycles. The lowest BCUT2D eigenvalue weighted by atomic mass is 10.2. The van der Waals surface area contributed by atoms with Crippen LogP contribution in [0.5, 0.6) is 0 Å². The van der Waals surface area contributed by atoms with E-state index in [1.165, 1.54) is 0 Å². The molecule has 8 heteroatoms. The summed E-state index contributed by atoms with van der Waals surface area (Å²) >= 11 is 0. The van der Waals surface area contributed by atoms with Crippen LogP contribution in [0.1, 0.15) is 23.0 Å². The second-order valence-corrected chi connectivity index (χ2v) is 6.96. The number of rotatable bonds is 4. The molecule has 29 heavy (non-hydrogen) atoms. The second-order valence-electron chi connectivity index (χ2n) is 6.96. The smallest absolute Gasteiger partial charge is 0.274 e. The molecule has 8 nitrogen and oxygen atoms in total. The van der Waals surface area contributed by atoms with Gasteiger partial charge < -0.3 is 9.80 Å². The molecule has 0 spiro atoms. The fraction of sp³-hybridized carbons (Fsp3) is 0.286. The Kier molecular flexibility index (Phi) is 5.07. The van der Waals surface area contributed by atoms with Gasteiger partial charge in [-0.15, -0.1) is 0 Å². The van der Waals surface area contributed by atoms with Gasteiger partial charge in [0.1, 0.15) is 6.54 Å². The van der Waals surface area contributed by atoms with Gasteiger partial charge in [0, 0.05) is 32.0 Å². The molecule has 0 unspecified atom stereocenters. The largest absolute Gasteiger partial charge is 0.340 e. The Hall–Kier alpha value is -3.55. The molecule has 0 N–H and O–H groups in total. The zero-order valence-corrected chi connectivity index (χ0v) is 16.4. The number of amides is 2. The number of carbonyl (C=O) groups is 2. The first kappa shape index (κ1) is 18.8. The highest BCUT2D eigenvalue weighted by Gasteiger charge is 2.29. The number of hydrogen-bond donors (Lipinski definition) is 0. The van der Waals surface area contributed by atoms with Crippen LogP contribution in [0.3, 0.4) is 0 Å². The van der Waals surface area contributed by atoms with Crippen molar-refractivity contribution in [3.63, 3.8) is 0 Å². The maximum atomic E-state index is 13.1. The zero-order chi connectivity index (χ0) is 20.4. The summed E-state index contributed by atoms with van der Waals surface area (Å²) in [6.07, 6.45) is 5.14. The Bertz CT molecular complexity index is 1030. The minimum Gasteiger partial charge on any atom is -0.340 e. The van der Waals surface area contributed by atoms with Crippen molar-refractivity contribution in [3.05, 3.63) is 60.2 Å². The second kappa shape index (κ2) is 7.83. The van der Waals surface area contributed by atoms with Gasteiger partial charge in [0.15, 0.2) is 5.69 Å². The SMILES string of the molecule is CCN1CCN(C(=O)c2cc(-c3ccc(C)cn3)n(-c3cccnc3)n2)CC1=O. The van der Waals surface area contributed by atoms with E-state index in [1.54, 1.807) is 39.1 Å². The zero-order valence-electron chi connectivity index (χ0n) is 16.4. The molecular formula is C21H22N6O2. The number of pyridine rings is 2. The third-order valence-corrected chi connectivity index (χ3v) is 4.98. The standard InChI is InChI=1S/C21H22N6O2/c1-3-25-9-10-26(14-20(25)28)21(29)18-11-19(17-7-6-15(2)12-23-17)27(24-18)16-5-4-8-22-13-16/h4-8,11-13H,3,9-10,14H2,1-2H3. The van der Waals surface area contributed by atoms with Crippen LogP contribution in [0.15, 0.2) is 48.9 Å². The lowest BCUT2D eigenvalue weighted by molar-refractivity contribution is -0.134. The fourth-order valence-corrected chi connectivity index (χ4v) is 3.34. The average molecular weight is 390 g/mol. The third-order valence-electron chi connectivity index (χ3n) is 4.98. The molecule has 0 aliphatic carbocycles. The Morgan fingerprint density at radius 3 is 2.69 bits per heavy atom. The van der Waals surface area contributed by atoms with E-state index in [4.69, 9.17) is 0 Å². The van der Waals surface area contributed by atoms with Crippen molar-refractivity contribution in [2.24, 2.45) is 0 Å². The summed E-state index contributed by atoms with van der Waals surface area (Å²) in [6, 6.07) is 9.27. The molecule has 0 bridgehead atoms. The van der Waals surface area contributed by atoms with Crippen LogP contribution in [0.2, 0.25) is 0 Å². The van der Waals surface area contributed by atoms with E-state index < -0.39 is 0 Å². The molecule has 1 fully saturated rings. The number of aryl methyl sites for hydroxylation is 1. The van der Waals surface area contributed by atoms with Gasteiger partial charge in [-0.05, 0) is 43.7 Å². The molecule has 3 aromatic rings. The minimum absolute atomic E-state index is 0.0424. The van der Waals surface area contributed by atoms with Crippen LogP contribution in [-0.2, 0) is 4.79 Å². The van der Waals surface area contributed by atoms with E-state index in [1.807, 2.05) is 38.1 Å². The summed E-state index contributed by atoms with van der Waals surface area (Å²) in [5, 5.41) is 4.54. The van der Waals surface area contributed by atoms with Gasteiger partial charge in [-0.25, -0.2) is 4.68 Å². The fourth-order valence-electron chi connectivity index (χ4n) is 3.34. The first-order chi connectivity index (χ1) is 14.1. The van der Waals surface area contributed by atoms with Crippen LogP contribution in [-0.4, -0.2) is 67.5 Å². The van der Waals surface area contributed by atoms with Gasteiger partial charge in [0.2, 0.25) is 5.91 Å². The number of carbonyl (C=O) groups excluding carboxylic acids is 2. The molecule has 0 saturated carbocycles. The summed E-state index contributed by atoms with van der Waals surface area (Å²) in [6.45, 7) is 5.67. The molecule has 1 aliphatic heterocycles. The highest BCUT2D eigenvalue weighted by molar-refractivity contribution is 5.96. The Morgan fingerprint density at radius 1 is 1.17 bits per heavy atom. The third kappa shape index (κ3) is 3.73. The molecule has 0 radical (unpaired) electrons. The quantitative estimate of drug-likeness (QED) is 0.680. The molecule has 1 aliphatic rings. The van der Waals surface area contributed by atoms with Crippen LogP contribution in [0.4, 0.5) is 0 Å². The number of hydrogen-bond acceptors (Lipinski definition) is 5. The Morgan fingerprint density at radius 2 is 2.03 bits per heavy atom. The number of piperazine rings is 1. The van der Waals surface area contributed by atoms with Gasteiger partial charge >= 0.3 is 0 Å². The van der Waals surface area contributed by atoms with Crippen molar-refractivity contribution in [3.8, 4) is 17.1 Å². The topological polar surface area (TPSA) is 84.2 Å². The van der Waals surface area contributed by atoms with Gasteiger partial charge in [-0.1, -0.05) is 6.07 Å². The van der Waals surface area contributed by atoms with Crippen molar-refractivity contribution in [1.29, 1.82) is 0 Å². The average Bonchev–Trinajstić information content (AvgIpc) is 3.20. The molecule has 2 amide bonds. The van der Waals surface area contributed by atoms with E-state index in [9.17, 15) is 9.59 Å². The van der Waals surface area contributed by atoms with E-state index in [2.05, 4.69) is 15.1 Å². The van der Waals surface area contributed by atoms with Crippen LogP contribution >= 0.6 is 0 Å². The predicted molar refractivity (Wildman–Crippen MR) is 107 cm³/mol. The summed E-state index contributed by atoms with van der Waals surface area (Å²) in [5.74, 6) is -0.302. The molecule has 4 rings (SSSR count). The van der Waals surface area contributed by atoms with Gasteiger partial charge in [0.05, 0.1) is 23.3 Å². The molecule has 4 heterocycles. The predicted octanol–water partition coefficient (Wildman–Crippen LogP) is 1.94. The lowest BCUT2D eigenvalue weighted by Gasteiger charge is -2.33. The monoisotopic (exact) mass is 390 g/mol. The molecule has 3 aromatic heterocycles. The molecule has 0 aromatic carbocycles. The van der Waals surface area contributed by atoms with E-state index in [0.29, 0.717) is 31.0 Å². The number of aromatic nitrogens is 4. The highest BCUT2D eigenvalue weighted by Crippen LogP contribution is 2.23. The Labute approximate surface area is 168 Å². The van der Waals surface area contributed by atoms with Crippen molar-refractivity contribution in [2.45, 2.75) is 13.8 Å². The highest BCUT2D eigenvalue weighted by atomic mass is 16.2. The molecule has 0 atom stereocenters. The van der Waals surface area contributed by atoms with Crippen molar-refractivity contribution < 1.29 is 9.59 Å². The lowest BCUT2D eigenvalue weighted by Crippen LogP contribution is -2.52. The van der Waals surface area contributed by atoms with E-state index in [-0.39, 0.29) is 24.1 Å². The number of nitrogens with zero attached hydrogens (tertiary/aromatic N) is 6. The molecular weight excluding hydrogens is 368 g/mol. The van der Waals surface area contributed by atoms with Gasteiger partial charge in [0.25, 0.3) is 5.91 Å². The van der Waals surface area contributed by atoms with Gasteiger partial charge in [-0.2, -0.15) is 5.10 Å². The normalized spacial score (nSPS) is 14.3. The van der Waals surface area contributed by atoms with Crippen molar-refractivity contribution in [2.75, 3.05) is 26.2 Å². The summed E-state index contributed by atoms with van der Waals surface area (Å²) < 4.78 is 1.67. The van der Waals surface area contributed by atoms with Crippen LogP contribution < -0.4 is 0 Å². The molecule has 148 valence electrons.